The number of amides is 2. The third-order valence-corrected chi connectivity index (χ3v) is 6.14. The molecule has 2 aliphatic rings. The first-order chi connectivity index (χ1) is 13.1. The van der Waals surface area contributed by atoms with Crippen LogP contribution < -0.4 is 9.64 Å². The van der Waals surface area contributed by atoms with Gasteiger partial charge in [0.2, 0.25) is 0 Å². The predicted molar refractivity (Wildman–Crippen MR) is 107 cm³/mol. The van der Waals surface area contributed by atoms with Crippen molar-refractivity contribution in [3.8, 4) is 5.75 Å². The number of hydrogen-bond donors (Lipinski definition) is 0. The van der Waals surface area contributed by atoms with Gasteiger partial charge in [-0.15, -0.1) is 11.3 Å². The number of carbonyl (C=O) groups is 2. The highest BCUT2D eigenvalue weighted by atomic mass is 32.1. The van der Waals surface area contributed by atoms with Crippen molar-refractivity contribution in [3.05, 3.63) is 52.4 Å². The standard InChI is InChI=1S/C21H22N2O3S/c1-14-9-11-22(12-10-14)19-18(17-4-3-13-27-17)20(24)23(21(19)25)15-5-7-16(26-2)8-6-15/h3-8,13-14H,9-12H2,1-2H3. The Morgan fingerprint density at radius 3 is 2.33 bits per heavy atom. The predicted octanol–water partition coefficient (Wildman–Crippen LogP) is 3.77. The second-order valence-electron chi connectivity index (χ2n) is 7.01. The normalized spacial score (nSPS) is 18.6. The Balaban J connectivity index is 1.74. The highest BCUT2D eigenvalue weighted by molar-refractivity contribution is 7.11. The topological polar surface area (TPSA) is 49.9 Å². The van der Waals surface area contributed by atoms with E-state index in [2.05, 4.69) is 11.8 Å². The maximum Gasteiger partial charge on any atom is 0.282 e. The molecular formula is C21H22N2O3S. The van der Waals surface area contributed by atoms with E-state index in [9.17, 15) is 9.59 Å². The second-order valence-corrected chi connectivity index (χ2v) is 7.96. The summed E-state index contributed by atoms with van der Waals surface area (Å²) >= 11 is 1.49. The molecule has 1 aromatic heterocycles. The van der Waals surface area contributed by atoms with Crippen LogP contribution in [0.2, 0.25) is 0 Å². The fourth-order valence-electron chi connectivity index (χ4n) is 3.65. The number of piperidine rings is 1. The summed E-state index contributed by atoms with van der Waals surface area (Å²) < 4.78 is 5.19. The van der Waals surface area contributed by atoms with Gasteiger partial charge in [-0.2, -0.15) is 0 Å². The van der Waals surface area contributed by atoms with E-state index in [0.29, 0.717) is 28.6 Å². The number of thiophene rings is 1. The fourth-order valence-corrected chi connectivity index (χ4v) is 4.42. The Labute approximate surface area is 162 Å². The lowest BCUT2D eigenvalue weighted by molar-refractivity contribution is -0.120. The van der Waals surface area contributed by atoms with Crippen molar-refractivity contribution in [1.29, 1.82) is 0 Å². The molecule has 0 aliphatic carbocycles. The summed E-state index contributed by atoms with van der Waals surface area (Å²) in [5.74, 6) is 0.857. The maximum absolute atomic E-state index is 13.3. The zero-order chi connectivity index (χ0) is 19.0. The van der Waals surface area contributed by atoms with Crippen LogP contribution in [0.15, 0.2) is 47.5 Å². The van der Waals surface area contributed by atoms with E-state index in [-0.39, 0.29) is 11.8 Å². The molecule has 0 radical (unpaired) electrons. The molecule has 1 saturated heterocycles. The number of likely N-dealkylation sites (tertiary alicyclic amines) is 1. The van der Waals surface area contributed by atoms with Crippen LogP contribution in [0.3, 0.4) is 0 Å². The minimum Gasteiger partial charge on any atom is -0.497 e. The Morgan fingerprint density at radius 2 is 1.74 bits per heavy atom. The molecule has 1 aromatic carbocycles. The first kappa shape index (κ1) is 17.8. The number of rotatable bonds is 4. The van der Waals surface area contributed by atoms with Gasteiger partial charge in [0, 0.05) is 18.0 Å². The summed E-state index contributed by atoms with van der Waals surface area (Å²) in [5.41, 5.74) is 1.64. The number of benzene rings is 1. The number of ether oxygens (including phenoxy) is 1. The van der Waals surface area contributed by atoms with E-state index in [0.717, 1.165) is 30.8 Å². The zero-order valence-corrected chi connectivity index (χ0v) is 16.3. The van der Waals surface area contributed by atoms with E-state index in [1.54, 1.807) is 31.4 Å². The zero-order valence-electron chi connectivity index (χ0n) is 15.5. The highest BCUT2D eigenvalue weighted by Crippen LogP contribution is 2.38. The molecule has 140 valence electrons. The summed E-state index contributed by atoms with van der Waals surface area (Å²) in [6.07, 6.45) is 2.07. The Bertz CT molecular complexity index is 879. The molecule has 2 aromatic rings. The van der Waals surface area contributed by atoms with Crippen molar-refractivity contribution >= 4 is 34.4 Å². The lowest BCUT2D eigenvalue weighted by Gasteiger charge is -2.32. The molecule has 0 N–H and O–H groups in total. The lowest BCUT2D eigenvalue weighted by atomic mass is 9.98. The molecule has 0 atom stereocenters. The van der Waals surface area contributed by atoms with Crippen LogP contribution in [0.1, 0.15) is 24.6 Å². The molecule has 2 aliphatic heterocycles. The quantitative estimate of drug-likeness (QED) is 0.756. The molecule has 2 amide bonds. The van der Waals surface area contributed by atoms with Crippen molar-refractivity contribution in [2.75, 3.05) is 25.1 Å². The van der Waals surface area contributed by atoms with Gasteiger partial charge in [-0.3, -0.25) is 9.59 Å². The number of hydrogen-bond acceptors (Lipinski definition) is 5. The molecule has 4 rings (SSSR count). The van der Waals surface area contributed by atoms with Crippen molar-refractivity contribution in [3.63, 3.8) is 0 Å². The van der Waals surface area contributed by atoms with Crippen molar-refractivity contribution in [2.24, 2.45) is 5.92 Å². The smallest absolute Gasteiger partial charge is 0.282 e. The molecule has 6 heteroatoms. The minimum absolute atomic E-state index is 0.233. The molecule has 0 unspecified atom stereocenters. The molecule has 3 heterocycles. The molecule has 0 spiro atoms. The Hall–Kier alpha value is -2.60. The Kier molecular flexibility index (Phi) is 4.74. The van der Waals surface area contributed by atoms with Gasteiger partial charge in [0.1, 0.15) is 11.4 Å². The molecule has 5 nitrogen and oxygen atoms in total. The molecular weight excluding hydrogens is 360 g/mol. The third kappa shape index (κ3) is 3.14. The van der Waals surface area contributed by atoms with Gasteiger partial charge < -0.3 is 9.64 Å². The minimum atomic E-state index is -0.249. The third-order valence-electron chi connectivity index (χ3n) is 5.26. The summed E-state index contributed by atoms with van der Waals surface area (Å²) in [6.45, 7) is 3.85. The van der Waals surface area contributed by atoms with E-state index in [1.807, 2.05) is 17.5 Å². The van der Waals surface area contributed by atoms with Gasteiger partial charge in [-0.25, -0.2) is 4.90 Å². The lowest BCUT2D eigenvalue weighted by Crippen LogP contribution is -2.38. The van der Waals surface area contributed by atoms with Crippen molar-refractivity contribution < 1.29 is 14.3 Å². The first-order valence-corrected chi connectivity index (χ1v) is 10.0. The molecule has 0 bridgehead atoms. The Morgan fingerprint density at radius 1 is 1.04 bits per heavy atom. The summed E-state index contributed by atoms with van der Waals surface area (Å²) in [7, 11) is 1.59. The van der Waals surface area contributed by atoms with Gasteiger partial charge in [0.05, 0.1) is 18.4 Å². The summed E-state index contributed by atoms with van der Waals surface area (Å²) in [4.78, 5) is 30.9. The molecule has 27 heavy (non-hydrogen) atoms. The van der Waals surface area contributed by atoms with E-state index in [1.165, 1.54) is 16.2 Å². The summed E-state index contributed by atoms with van der Waals surface area (Å²) in [6, 6.07) is 10.9. The number of imide groups is 1. The highest BCUT2D eigenvalue weighted by Gasteiger charge is 2.43. The van der Waals surface area contributed by atoms with Gasteiger partial charge in [-0.1, -0.05) is 13.0 Å². The van der Waals surface area contributed by atoms with Crippen LogP contribution in [0.4, 0.5) is 5.69 Å². The van der Waals surface area contributed by atoms with Crippen LogP contribution in [-0.2, 0) is 9.59 Å². The molecule has 0 saturated carbocycles. The number of methoxy groups -OCH3 is 1. The van der Waals surface area contributed by atoms with Gasteiger partial charge in [-0.05, 0) is 54.5 Å². The maximum atomic E-state index is 13.3. The SMILES string of the molecule is COc1ccc(N2C(=O)C(c3cccs3)=C(N3CCC(C)CC3)C2=O)cc1. The van der Waals surface area contributed by atoms with E-state index >= 15 is 0 Å². The van der Waals surface area contributed by atoms with Crippen LogP contribution in [0.25, 0.3) is 5.57 Å². The van der Waals surface area contributed by atoms with Gasteiger partial charge in [0.25, 0.3) is 11.8 Å². The fraction of sp³-hybridized carbons (Fsp3) is 0.333. The van der Waals surface area contributed by atoms with Crippen molar-refractivity contribution in [1.82, 2.24) is 4.90 Å². The first-order valence-electron chi connectivity index (χ1n) is 9.16. The molecule has 1 fully saturated rings. The second kappa shape index (κ2) is 7.19. The average molecular weight is 382 g/mol. The summed E-state index contributed by atoms with van der Waals surface area (Å²) in [5, 5.41) is 1.94. The van der Waals surface area contributed by atoms with Crippen LogP contribution in [0, 0.1) is 5.92 Å². The largest absolute Gasteiger partial charge is 0.497 e. The van der Waals surface area contributed by atoms with Crippen LogP contribution in [0.5, 0.6) is 5.75 Å². The van der Waals surface area contributed by atoms with Gasteiger partial charge in [0.15, 0.2) is 0 Å². The van der Waals surface area contributed by atoms with E-state index < -0.39 is 0 Å². The number of carbonyl (C=O) groups excluding carboxylic acids is 2. The average Bonchev–Trinajstić information content (AvgIpc) is 3.29. The monoisotopic (exact) mass is 382 g/mol. The van der Waals surface area contributed by atoms with E-state index in [4.69, 9.17) is 4.74 Å². The van der Waals surface area contributed by atoms with Crippen LogP contribution in [-0.4, -0.2) is 36.9 Å². The van der Waals surface area contributed by atoms with Gasteiger partial charge >= 0.3 is 0 Å². The number of anilines is 1. The number of nitrogens with zero attached hydrogens (tertiary/aromatic N) is 2. The van der Waals surface area contributed by atoms with Crippen molar-refractivity contribution in [2.45, 2.75) is 19.8 Å². The van der Waals surface area contributed by atoms with Crippen LogP contribution >= 0.6 is 11.3 Å².